The SMILES string of the molecule is Cc1cc(N2CCC[C@]3(CCC[C@H]3O)C2)nc(N2CCOCC2)n1.O=CO. The Morgan fingerprint density at radius 3 is 2.56 bits per heavy atom. The number of rotatable bonds is 2. The fourth-order valence-corrected chi connectivity index (χ4v) is 4.56. The monoisotopic (exact) mass is 378 g/mol. The van der Waals surface area contributed by atoms with Crippen molar-refractivity contribution in [2.24, 2.45) is 5.41 Å². The predicted molar refractivity (Wildman–Crippen MR) is 102 cm³/mol. The Labute approximate surface area is 160 Å². The van der Waals surface area contributed by atoms with Gasteiger partial charge in [-0.25, -0.2) is 4.98 Å². The van der Waals surface area contributed by atoms with Gasteiger partial charge in [-0.2, -0.15) is 4.98 Å². The van der Waals surface area contributed by atoms with Gasteiger partial charge in [-0.15, -0.1) is 0 Å². The van der Waals surface area contributed by atoms with Crippen LogP contribution < -0.4 is 9.80 Å². The first-order valence-electron chi connectivity index (χ1n) is 9.77. The second kappa shape index (κ2) is 8.84. The molecule has 8 heteroatoms. The molecule has 0 bridgehead atoms. The molecule has 27 heavy (non-hydrogen) atoms. The van der Waals surface area contributed by atoms with Crippen LogP contribution >= 0.6 is 0 Å². The van der Waals surface area contributed by atoms with E-state index in [1.54, 1.807) is 0 Å². The van der Waals surface area contributed by atoms with Crippen molar-refractivity contribution < 1.29 is 19.7 Å². The summed E-state index contributed by atoms with van der Waals surface area (Å²) in [7, 11) is 0. The summed E-state index contributed by atoms with van der Waals surface area (Å²) in [5, 5.41) is 17.4. The number of carbonyl (C=O) groups is 1. The highest BCUT2D eigenvalue weighted by molar-refractivity contribution is 5.47. The topological polar surface area (TPSA) is 99.0 Å². The molecule has 3 aliphatic rings. The zero-order valence-electron chi connectivity index (χ0n) is 16.0. The van der Waals surface area contributed by atoms with E-state index >= 15 is 0 Å². The summed E-state index contributed by atoms with van der Waals surface area (Å²) < 4.78 is 5.44. The lowest BCUT2D eigenvalue weighted by Crippen LogP contribution is -2.47. The number of piperidine rings is 1. The van der Waals surface area contributed by atoms with E-state index in [2.05, 4.69) is 20.9 Å². The lowest BCUT2D eigenvalue weighted by molar-refractivity contribution is -0.122. The molecule has 1 aromatic rings. The number of aryl methyl sites for hydroxylation is 1. The smallest absolute Gasteiger partial charge is 0.290 e. The maximum absolute atomic E-state index is 10.5. The molecule has 150 valence electrons. The van der Waals surface area contributed by atoms with Gasteiger partial charge in [-0.3, -0.25) is 4.79 Å². The lowest BCUT2D eigenvalue weighted by atomic mass is 9.77. The number of aliphatic hydroxyl groups is 1. The normalized spacial score (nSPS) is 28.0. The lowest BCUT2D eigenvalue weighted by Gasteiger charge is -2.43. The van der Waals surface area contributed by atoms with Crippen molar-refractivity contribution in [3.8, 4) is 0 Å². The van der Waals surface area contributed by atoms with Gasteiger partial charge in [0.25, 0.3) is 6.47 Å². The van der Waals surface area contributed by atoms with E-state index < -0.39 is 0 Å². The Kier molecular flexibility index (Phi) is 6.49. The molecule has 3 fully saturated rings. The van der Waals surface area contributed by atoms with E-state index in [0.29, 0.717) is 0 Å². The Bertz CT molecular complexity index is 638. The van der Waals surface area contributed by atoms with Crippen LogP contribution in [0.1, 0.15) is 37.8 Å². The van der Waals surface area contributed by atoms with Crippen LogP contribution in [0.3, 0.4) is 0 Å². The summed E-state index contributed by atoms with van der Waals surface area (Å²) in [6.07, 6.45) is 5.37. The van der Waals surface area contributed by atoms with Crippen molar-refractivity contribution in [2.75, 3.05) is 49.2 Å². The molecule has 1 saturated carbocycles. The number of ether oxygens (including phenoxy) is 1. The van der Waals surface area contributed by atoms with Gasteiger partial charge in [0.1, 0.15) is 5.82 Å². The number of aliphatic hydroxyl groups excluding tert-OH is 1. The zero-order valence-corrected chi connectivity index (χ0v) is 16.0. The quantitative estimate of drug-likeness (QED) is 0.746. The molecule has 2 N–H and O–H groups in total. The van der Waals surface area contributed by atoms with Gasteiger partial charge in [-0.05, 0) is 32.6 Å². The second-order valence-corrected chi connectivity index (χ2v) is 7.67. The van der Waals surface area contributed by atoms with Gasteiger partial charge in [0.2, 0.25) is 5.95 Å². The van der Waals surface area contributed by atoms with Gasteiger partial charge in [0, 0.05) is 43.4 Å². The largest absolute Gasteiger partial charge is 0.483 e. The Morgan fingerprint density at radius 2 is 1.89 bits per heavy atom. The van der Waals surface area contributed by atoms with Gasteiger partial charge in [0.15, 0.2) is 0 Å². The summed E-state index contributed by atoms with van der Waals surface area (Å²) in [6, 6.07) is 2.09. The van der Waals surface area contributed by atoms with Crippen LogP contribution in [0.15, 0.2) is 6.07 Å². The second-order valence-electron chi connectivity index (χ2n) is 7.67. The highest BCUT2D eigenvalue weighted by atomic mass is 16.5. The minimum absolute atomic E-state index is 0.0796. The van der Waals surface area contributed by atoms with Crippen molar-refractivity contribution in [3.05, 3.63) is 11.8 Å². The Morgan fingerprint density at radius 1 is 1.19 bits per heavy atom. The van der Waals surface area contributed by atoms with Gasteiger partial charge < -0.3 is 24.7 Å². The van der Waals surface area contributed by atoms with E-state index in [-0.39, 0.29) is 18.0 Å². The van der Waals surface area contributed by atoms with Gasteiger partial charge in [0.05, 0.1) is 19.3 Å². The highest BCUT2D eigenvalue weighted by Gasteiger charge is 2.45. The van der Waals surface area contributed by atoms with Crippen molar-refractivity contribution in [3.63, 3.8) is 0 Å². The van der Waals surface area contributed by atoms with Gasteiger partial charge in [-0.1, -0.05) is 6.42 Å². The maximum Gasteiger partial charge on any atom is 0.290 e. The molecule has 2 saturated heterocycles. The van der Waals surface area contributed by atoms with E-state index in [4.69, 9.17) is 19.6 Å². The summed E-state index contributed by atoms with van der Waals surface area (Å²) in [4.78, 5) is 22.4. The third kappa shape index (κ3) is 4.50. The van der Waals surface area contributed by atoms with E-state index in [9.17, 15) is 5.11 Å². The van der Waals surface area contributed by atoms with Crippen LogP contribution in [0.5, 0.6) is 0 Å². The average molecular weight is 378 g/mol. The van der Waals surface area contributed by atoms with Crippen LogP contribution in [0.2, 0.25) is 0 Å². The molecule has 8 nitrogen and oxygen atoms in total. The molecule has 0 amide bonds. The number of aromatic nitrogens is 2. The Balaban J connectivity index is 0.000000659. The first kappa shape index (κ1) is 19.8. The van der Waals surface area contributed by atoms with Crippen molar-refractivity contribution in [2.45, 2.75) is 45.1 Å². The summed E-state index contributed by atoms with van der Waals surface area (Å²) in [6.45, 7) is 6.92. The molecule has 1 aromatic heterocycles. The summed E-state index contributed by atoms with van der Waals surface area (Å²) in [5.74, 6) is 1.84. The number of morpholine rings is 1. The van der Waals surface area contributed by atoms with Crippen LogP contribution in [0.4, 0.5) is 11.8 Å². The van der Waals surface area contributed by atoms with E-state index in [0.717, 1.165) is 89.0 Å². The number of hydrogen-bond donors (Lipinski definition) is 2. The number of hydrogen-bond acceptors (Lipinski definition) is 7. The molecule has 4 rings (SSSR count). The van der Waals surface area contributed by atoms with Crippen molar-refractivity contribution >= 4 is 18.2 Å². The van der Waals surface area contributed by atoms with Crippen LogP contribution in [0, 0.1) is 12.3 Å². The fraction of sp³-hybridized carbons (Fsp3) is 0.737. The number of carboxylic acid groups (broad SMARTS) is 1. The standard InChI is InChI=1S/C18H28N4O2.CH2O2/c1-14-12-16(20-17(19-14)21-8-10-24-11-9-21)22-7-3-6-18(13-22)5-2-4-15(18)23;2-1-3/h12,15,23H,2-11,13H2,1H3;1H,(H,2,3)/t15-,18-;/m1./s1. The average Bonchev–Trinajstić information content (AvgIpc) is 3.02. The molecule has 3 heterocycles. The minimum atomic E-state index is -0.250. The molecular weight excluding hydrogens is 348 g/mol. The van der Waals surface area contributed by atoms with Crippen molar-refractivity contribution in [1.82, 2.24) is 9.97 Å². The third-order valence-corrected chi connectivity index (χ3v) is 5.91. The van der Waals surface area contributed by atoms with E-state index in [1.165, 1.54) is 0 Å². The predicted octanol–water partition coefficient (Wildman–Crippen LogP) is 1.45. The summed E-state index contributed by atoms with van der Waals surface area (Å²) >= 11 is 0. The zero-order chi connectivity index (χ0) is 19.3. The molecule has 1 spiro atoms. The third-order valence-electron chi connectivity index (χ3n) is 5.91. The van der Waals surface area contributed by atoms with Crippen LogP contribution in [-0.4, -0.2) is 72.1 Å². The molecule has 2 aliphatic heterocycles. The molecule has 0 aromatic carbocycles. The van der Waals surface area contributed by atoms with Crippen LogP contribution in [0.25, 0.3) is 0 Å². The molecular formula is C19H30N4O4. The first-order chi connectivity index (χ1) is 13.1. The van der Waals surface area contributed by atoms with Gasteiger partial charge >= 0.3 is 0 Å². The molecule has 0 unspecified atom stereocenters. The number of anilines is 2. The fourth-order valence-electron chi connectivity index (χ4n) is 4.56. The highest BCUT2D eigenvalue weighted by Crippen LogP contribution is 2.45. The van der Waals surface area contributed by atoms with E-state index in [1.807, 2.05) is 6.92 Å². The number of nitrogens with zero attached hydrogens (tertiary/aromatic N) is 4. The minimum Gasteiger partial charge on any atom is -0.483 e. The molecule has 0 radical (unpaired) electrons. The molecule has 2 atom stereocenters. The first-order valence-corrected chi connectivity index (χ1v) is 9.77. The molecule has 1 aliphatic carbocycles. The Hall–Kier alpha value is -1.93. The van der Waals surface area contributed by atoms with Crippen molar-refractivity contribution in [1.29, 1.82) is 0 Å². The summed E-state index contributed by atoms with van der Waals surface area (Å²) in [5.41, 5.74) is 1.09. The maximum atomic E-state index is 10.5. The van der Waals surface area contributed by atoms with Crippen LogP contribution in [-0.2, 0) is 9.53 Å².